The van der Waals surface area contributed by atoms with Crippen LogP contribution >= 0.6 is 0 Å². The first-order valence-electron chi connectivity index (χ1n) is 3.57. The fourth-order valence-corrected chi connectivity index (χ4v) is 0.571. The molecule has 0 aliphatic rings. The Hall–Kier alpha value is -0.340. The van der Waals surface area contributed by atoms with Gasteiger partial charge < -0.3 is 10.8 Å². The molecule has 0 saturated heterocycles. The molecule has 0 aliphatic carbocycles. The Morgan fingerprint density at radius 2 is 2.10 bits per heavy atom. The van der Waals surface area contributed by atoms with Crippen molar-refractivity contribution in [3.05, 3.63) is 12.2 Å². The smallest absolute Gasteiger partial charge is 0.0771 e. The molecule has 0 aromatic rings. The average molecular weight is 143 g/mol. The summed E-state index contributed by atoms with van der Waals surface area (Å²) in [6.45, 7) is 5.42. The van der Waals surface area contributed by atoms with Crippen LogP contribution in [0.3, 0.4) is 0 Å². The number of nitrogens with two attached hydrogens (primary N) is 1. The average Bonchev–Trinajstić information content (AvgIpc) is 1.59. The van der Waals surface area contributed by atoms with E-state index in [1.807, 2.05) is 13.0 Å². The molecule has 0 heterocycles. The van der Waals surface area contributed by atoms with E-state index in [-0.39, 0.29) is 6.04 Å². The Morgan fingerprint density at radius 1 is 1.60 bits per heavy atom. The maximum atomic E-state index is 9.20. The molecule has 2 nitrogen and oxygen atoms in total. The molecule has 0 fully saturated rings. The van der Waals surface area contributed by atoms with Crippen LogP contribution in [-0.2, 0) is 0 Å². The van der Waals surface area contributed by atoms with Gasteiger partial charge >= 0.3 is 0 Å². The zero-order valence-corrected chi connectivity index (χ0v) is 6.96. The van der Waals surface area contributed by atoms with Crippen LogP contribution in [0.2, 0.25) is 0 Å². The molecule has 0 aliphatic heterocycles. The minimum Gasteiger partial charge on any atom is -0.386 e. The van der Waals surface area contributed by atoms with E-state index in [1.54, 1.807) is 19.9 Å². The van der Waals surface area contributed by atoms with Gasteiger partial charge in [0.25, 0.3) is 0 Å². The Labute approximate surface area is 62.7 Å². The van der Waals surface area contributed by atoms with Crippen LogP contribution in [0.4, 0.5) is 0 Å². The van der Waals surface area contributed by atoms with Crippen LogP contribution in [0.25, 0.3) is 0 Å². The van der Waals surface area contributed by atoms with Gasteiger partial charge in [-0.15, -0.1) is 0 Å². The van der Waals surface area contributed by atoms with Gasteiger partial charge in [0.15, 0.2) is 0 Å². The molecule has 0 radical (unpaired) electrons. The summed E-state index contributed by atoms with van der Waals surface area (Å²) in [6, 6.07) is 0.179. The predicted octanol–water partition coefficient (Wildman–Crippen LogP) is 1.05. The SMILES string of the molecule is CC(N)CC=CC(C)(C)O. The maximum absolute atomic E-state index is 9.20. The first-order valence-corrected chi connectivity index (χ1v) is 3.57. The summed E-state index contributed by atoms with van der Waals surface area (Å²) in [7, 11) is 0. The lowest BCUT2D eigenvalue weighted by Gasteiger charge is -2.10. The molecule has 0 bridgehead atoms. The second kappa shape index (κ2) is 3.74. The molecular formula is C8H17NO. The van der Waals surface area contributed by atoms with Crippen molar-refractivity contribution < 1.29 is 5.11 Å². The number of hydrogen-bond acceptors (Lipinski definition) is 2. The second-order valence-electron chi connectivity index (χ2n) is 3.27. The van der Waals surface area contributed by atoms with Crippen LogP contribution in [0, 0.1) is 0 Å². The fourth-order valence-electron chi connectivity index (χ4n) is 0.571. The Balaban J connectivity index is 3.57. The highest BCUT2D eigenvalue weighted by Gasteiger charge is 2.04. The van der Waals surface area contributed by atoms with Gasteiger partial charge in [-0.25, -0.2) is 0 Å². The van der Waals surface area contributed by atoms with Gasteiger partial charge in [-0.1, -0.05) is 12.2 Å². The first-order chi connectivity index (χ1) is 4.42. The van der Waals surface area contributed by atoms with E-state index in [0.717, 1.165) is 6.42 Å². The molecule has 1 unspecified atom stereocenters. The van der Waals surface area contributed by atoms with E-state index >= 15 is 0 Å². The lowest BCUT2D eigenvalue weighted by molar-refractivity contribution is 0.133. The molecule has 10 heavy (non-hydrogen) atoms. The van der Waals surface area contributed by atoms with Crippen molar-refractivity contribution in [1.82, 2.24) is 0 Å². The monoisotopic (exact) mass is 143 g/mol. The zero-order chi connectivity index (χ0) is 8.20. The summed E-state index contributed by atoms with van der Waals surface area (Å²) in [5.74, 6) is 0. The number of hydrogen-bond donors (Lipinski definition) is 2. The van der Waals surface area contributed by atoms with Crippen molar-refractivity contribution in [2.24, 2.45) is 5.73 Å². The predicted molar refractivity (Wildman–Crippen MR) is 43.7 cm³/mol. The molecule has 0 aromatic heterocycles. The van der Waals surface area contributed by atoms with E-state index in [1.165, 1.54) is 0 Å². The molecule has 0 saturated carbocycles. The lowest BCUT2D eigenvalue weighted by Crippen LogP contribution is -2.16. The molecule has 60 valence electrons. The van der Waals surface area contributed by atoms with Crippen molar-refractivity contribution in [1.29, 1.82) is 0 Å². The fraction of sp³-hybridized carbons (Fsp3) is 0.750. The van der Waals surface area contributed by atoms with Crippen molar-refractivity contribution in [2.75, 3.05) is 0 Å². The Morgan fingerprint density at radius 3 is 2.40 bits per heavy atom. The van der Waals surface area contributed by atoms with Gasteiger partial charge in [-0.3, -0.25) is 0 Å². The van der Waals surface area contributed by atoms with Gasteiger partial charge in [0.2, 0.25) is 0 Å². The van der Waals surface area contributed by atoms with Crippen LogP contribution in [0.1, 0.15) is 27.2 Å². The quantitative estimate of drug-likeness (QED) is 0.580. The third-order valence-electron chi connectivity index (χ3n) is 1.03. The zero-order valence-electron chi connectivity index (χ0n) is 6.96. The highest BCUT2D eigenvalue weighted by Crippen LogP contribution is 2.03. The van der Waals surface area contributed by atoms with Crippen molar-refractivity contribution >= 4 is 0 Å². The van der Waals surface area contributed by atoms with Crippen molar-refractivity contribution in [3.63, 3.8) is 0 Å². The van der Waals surface area contributed by atoms with Crippen molar-refractivity contribution in [3.8, 4) is 0 Å². The molecule has 0 aromatic carbocycles. The van der Waals surface area contributed by atoms with Crippen LogP contribution < -0.4 is 5.73 Å². The normalized spacial score (nSPS) is 16.1. The summed E-state index contributed by atoms with van der Waals surface area (Å²) in [4.78, 5) is 0. The molecule has 1 atom stereocenters. The minimum atomic E-state index is -0.700. The minimum absolute atomic E-state index is 0.179. The molecule has 0 amide bonds. The molecule has 2 heteroatoms. The van der Waals surface area contributed by atoms with Gasteiger partial charge in [0.05, 0.1) is 5.60 Å². The highest BCUT2D eigenvalue weighted by molar-refractivity contribution is 4.95. The van der Waals surface area contributed by atoms with E-state index in [0.29, 0.717) is 0 Å². The van der Waals surface area contributed by atoms with E-state index in [4.69, 9.17) is 5.73 Å². The standard InChI is InChI=1S/C8H17NO/c1-7(9)5-4-6-8(2,3)10/h4,6-7,10H,5,9H2,1-3H3. The van der Waals surface area contributed by atoms with E-state index in [9.17, 15) is 5.11 Å². The Kier molecular flexibility index (Phi) is 3.61. The van der Waals surface area contributed by atoms with E-state index < -0.39 is 5.60 Å². The number of aliphatic hydroxyl groups is 1. The molecule has 0 rings (SSSR count). The Bertz CT molecular complexity index is 111. The van der Waals surface area contributed by atoms with Gasteiger partial charge in [0, 0.05) is 6.04 Å². The highest BCUT2D eigenvalue weighted by atomic mass is 16.3. The van der Waals surface area contributed by atoms with E-state index in [2.05, 4.69) is 0 Å². The van der Waals surface area contributed by atoms with Crippen LogP contribution in [0.5, 0.6) is 0 Å². The summed E-state index contributed by atoms with van der Waals surface area (Å²) >= 11 is 0. The summed E-state index contributed by atoms with van der Waals surface area (Å²) < 4.78 is 0. The third kappa shape index (κ3) is 7.66. The lowest BCUT2D eigenvalue weighted by atomic mass is 10.1. The van der Waals surface area contributed by atoms with Gasteiger partial charge in [-0.2, -0.15) is 0 Å². The topological polar surface area (TPSA) is 46.2 Å². The summed E-state index contributed by atoms with van der Waals surface area (Å²) in [6.07, 6.45) is 4.49. The largest absolute Gasteiger partial charge is 0.386 e. The van der Waals surface area contributed by atoms with Crippen molar-refractivity contribution in [2.45, 2.75) is 38.8 Å². The van der Waals surface area contributed by atoms with Gasteiger partial charge in [-0.05, 0) is 27.2 Å². The molecule has 0 spiro atoms. The second-order valence-corrected chi connectivity index (χ2v) is 3.27. The molecule has 3 N–H and O–H groups in total. The summed E-state index contributed by atoms with van der Waals surface area (Å²) in [5, 5.41) is 9.20. The summed E-state index contributed by atoms with van der Waals surface area (Å²) in [5.41, 5.74) is 4.79. The van der Waals surface area contributed by atoms with Crippen LogP contribution in [0.15, 0.2) is 12.2 Å². The van der Waals surface area contributed by atoms with Crippen LogP contribution in [-0.4, -0.2) is 16.7 Å². The third-order valence-corrected chi connectivity index (χ3v) is 1.03. The van der Waals surface area contributed by atoms with Gasteiger partial charge in [0.1, 0.15) is 0 Å². The maximum Gasteiger partial charge on any atom is 0.0771 e. The first kappa shape index (κ1) is 9.66. The number of rotatable bonds is 3. The molecular weight excluding hydrogens is 126 g/mol.